The van der Waals surface area contributed by atoms with Crippen molar-refractivity contribution >= 4 is 17.5 Å². The number of nitrogens with one attached hydrogen (secondary N) is 2. The molecule has 0 bridgehead atoms. The first-order valence-electron chi connectivity index (χ1n) is 6.40. The number of amides is 2. The molecule has 0 aliphatic carbocycles. The zero-order valence-electron chi connectivity index (χ0n) is 11.4. The Kier molecular flexibility index (Phi) is 4.34. The Hall–Kier alpha value is -1.95. The quantitative estimate of drug-likeness (QED) is 0.876. The van der Waals surface area contributed by atoms with E-state index in [0.717, 1.165) is 0 Å². The van der Waals surface area contributed by atoms with E-state index >= 15 is 0 Å². The van der Waals surface area contributed by atoms with Crippen LogP contribution in [0.2, 0.25) is 0 Å². The van der Waals surface area contributed by atoms with Crippen molar-refractivity contribution in [3.05, 3.63) is 29.6 Å². The lowest BCUT2D eigenvalue weighted by atomic mass is 9.89. The molecule has 2 atom stereocenters. The second-order valence-electron chi connectivity index (χ2n) is 4.90. The third kappa shape index (κ3) is 3.14. The van der Waals surface area contributed by atoms with E-state index in [-0.39, 0.29) is 24.3 Å². The van der Waals surface area contributed by atoms with Crippen molar-refractivity contribution in [2.45, 2.75) is 25.3 Å². The standard InChI is InChI=1S/C14H17FN2O3/c1-8(7-20-2)16-14(19)11-6-13(18)17-12-5-9(15)3-4-10(11)12/h3-5,8,11H,6-7H2,1-2H3,(H,16,19)(H,17,18)/t8-,11-/m1/s1. The zero-order valence-corrected chi connectivity index (χ0v) is 11.4. The van der Waals surface area contributed by atoms with Gasteiger partial charge in [-0.05, 0) is 24.6 Å². The molecular weight excluding hydrogens is 263 g/mol. The molecule has 0 fully saturated rings. The van der Waals surface area contributed by atoms with E-state index in [2.05, 4.69) is 10.6 Å². The first-order chi connectivity index (χ1) is 9.51. The van der Waals surface area contributed by atoms with Crippen LogP contribution in [0, 0.1) is 5.82 Å². The molecule has 0 spiro atoms. The van der Waals surface area contributed by atoms with E-state index in [0.29, 0.717) is 17.9 Å². The lowest BCUT2D eigenvalue weighted by Crippen LogP contribution is -2.41. The molecule has 1 aliphatic rings. The Morgan fingerprint density at radius 2 is 2.35 bits per heavy atom. The topological polar surface area (TPSA) is 67.4 Å². The number of carbonyl (C=O) groups is 2. The fourth-order valence-corrected chi connectivity index (χ4v) is 2.31. The molecule has 0 unspecified atom stereocenters. The van der Waals surface area contributed by atoms with E-state index in [1.165, 1.54) is 18.2 Å². The van der Waals surface area contributed by atoms with Gasteiger partial charge in [0.1, 0.15) is 5.82 Å². The maximum Gasteiger partial charge on any atom is 0.228 e. The first-order valence-corrected chi connectivity index (χ1v) is 6.40. The van der Waals surface area contributed by atoms with E-state index in [1.54, 1.807) is 7.11 Å². The fraction of sp³-hybridized carbons (Fsp3) is 0.429. The van der Waals surface area contributed by atoms with E-state index in [4.69, 9.17) is 4.74 Å². The molecule has 1 aromatic carbocycles. The molecular formula is C14H17FN2O3. The average Bonchev–Trinajstić information content (AvgIpc) is 2.37. The highest BCUT2D eigenvalue weighted by Gasteiger charge is 2.31. The van der Waals surface area contributed by atoms with Gasteiger partial charge in [-0.1, -0.05) is 6.07 Å². The molecule has 6 heteroatoms. The third-order valence-electron chi connectivity index (χ3n) is 3.18. The number of rotatable bonds is 4. The maximum atomic E-state index is 13.2. The van der Waals surface area contributed by atoms with Crippen molar-refractivity contribution in [2.75, 3.05) is 19.0 Å². The average molecular weight is 280 g/mol. The molecule has 20 heavy (non-hydrogen) atoms. The van der Waals surface area contributed by atoms with Gasteiger partial charge in [-0.25, -0.2) is 4.39 Å². The summed E-state index contributed by atoms with van der Waals surface area (Å²) in [5.41, 5.74) is 0.994. The van der Waals surface area contributed by atoms with Gasteiger partial charge in [0.05, 0.1) is 12.5 Å². The molecule has 2 N–H and O–H groups in total. The lowest BCUT2D eigenvalue weighted by Gasteiger charge is -2.26. The summed E-state index contributed by atoms with van der Waals surface area (Å²) in [7, 11) is 1.55. The van der Waals surface area contributed by atoms with Crippen LogP contribution in [0.1, 0.15) is 24.8 Å². The molecule has 0 radical (unpaired) electrons. The summed E-state index contributed by atoms with van der Waals surface area (Å²) in [5, 5.41) is 5.37. The van der Waals surface area contributed by atoms with Crippen LogP contribution >= 0.6 is 0 Å². The molecule has 1 aliphatic heterocycles. The van der Waals surface area contributed by atoms with E-state index in [9.17, 15) is 14.0 Å². The number of ether oxygens (including phenoxy) is 1. The molecule has 108 valence electrons. The van der Waals surface area contributed by atoms with Gasteiger partial charge in [-0.15, -0.1) is 0 Å². The van der Waals surface area contributed by atoms with Crippen molar-refractivity contribution in [1.82, 2.24) is 5.32 Å². The largest absolute Gasteiger partial charge is 0.383 e. The number of fused-ring (bicyclic) bond motifs is 1. The first kappa shape index (κ1) is 14.5. The Balaban J connectivity index is 2.20. The smallest absolute Gasteiger partial charge is 0.228 e. The Bertz CT molecular complexity index is 533. The summed E-state index contributed by atoms with van der Waals surface area (Å²) in [6.07, 6.45) is 0.0597. The minimum absolute atomic E-state index is 0.0597. The van der Waals surface area contributed by atoms with Crippen LogP contribution in [-0.2, 0) is 14.3 Å². The summed E-state index contributed by atoms with van der Waals surface area (Å²) in [6.45, 7) is 2.21. The van der Waals surface area contributed by atoms with E-state index < -0.39 is 11.7 Å². The van der Waals surface area contributed by atoms with Crippen LogP contribution in [0.5, 0.6) is 0 Å². The summed E-state index contributed by atoms with van der Waals surface area (Å²) in [4.78, 5) is 23.9. The molecule has 1 heterocycles. The van der Waals surface area contributed by atoms with Gasteiger partial charge in [-0.2, -0.15) is 0 Å². The number of methoxy groups -OCH3 is 1. The highest BCUT2D eigenvalue weighted by atomic mass is 19.1. The summed E-state index contributed by atoms with van der Waals surface area (Å²) in [5.74, 6) is -1.59. The van der Waals surface area contributed by atoms with Crippen LogP contribution in [0.15, 0.2) is 18.2 Å². The summed E-state index contributed by atoms with van der Waals surface area (Å²) < 4.78 is 18.1. The van der Waals surface area contributed by atoms with Crippen LogP contribution in [0.3, 0.4) is 0 Å². The molecule has 2 amide bonds. The van der Waals surface area contributed by atoms with Crippen molar-refractivity contribution < 1.29 is 18.7 Å². The molecule has 0 aromatic heterocycles. The number of carbonyl (C=O) groups excluding carboxylic acids is 2. The second-order valence-corrected chi connectivity index (χ2v) is 4.90. The molecule has 0 saturated carbocycles. The predicted molar refractivity (Wildman–Crippen MR) is 71.9 cm³/mol. The fourth-order valence-electron chi connectivity index (χ4n) is 2.31. The Morgan fingerprint density at radius 3 is 3.05 bits per heavy atom. The van der Waals surface area contributed by atoms with Crippen LogP contribution in [0.4, 0.5) is 10.1 Å². The SMILES string of the molecule is COC[C@@H](C)NC(=O)[C@@H]1CC(=O)Nc2cc(F)ccc21. The normalized spacial score (nSPS) is 18.9. The van der Waals surface area contributed by atoms with Crippen LogP contribution in [-0.4, -0.2) is 31.6 Å². The monoisotopic (exact) mass is 280 g/mol. The summed E-state index contributed by atoms with van der Waals surface area (Å²) >= 11 is 0. The van der Waals surface area contributed by atoms with E-state index in [1.807, 2.05) is 6.92 Å². The van der Waals surface area contributed by atoms with Gasteiger partial charge in [0.15, 0.2) is 0 Å². The van der Waals surface area contributed by atoms with Crippen molar-refractivity contribution in [2.24, 2.45) is 0 Å². The Morgan fingerprint density at radius 1 is 1.60 bits per heavy atom. The predicted octanol–water partition coefficient (Wildman–Crippen LogP) is 1.40. The molecule has 5 nitrogen and oxygen atoms in total. The van der Waals surface area contributed by atoms with Crippen LogP contribution < -0.4 is 10.6 Å². The molecule has 1 aromatic rings. The summed E-state index contributed by atoms with van der Waals surface area (Å²) in [6, 6.07) is 3.90. The van der Waals surface area contributed by atoms with Gasteiger partial charge in [0, 0.05) is 25.3 Å². The van der Waals surface area contributed by atoms with Crippen molar-refractivity contribution in [3.8, 4) is 0 Å². The number of benzene rings is 1. The molecule has 2 rings (SSSR count). The zero-order chi connectivity index (χ0) is 14.7. The molecule has 0 saturated heterocycles. The highest BCUT2D eigenvalue weighted by Crippen LogP contribution is 2.32. The number of hydrogen-bond donors (Lipinski definition) is 2. The third-order valence-corrected chi connectivity index (χ3v) is 3.18. The van der Waals surface area contributed by atoms with Gasteiger partial charge >= 0.3 is 0 Å². The lowest BCUT2D eigenvalue weighted by molar-refractivity contribution is -0.127. The van der Waals surface area contributed by atoms with Crippen molar-refractivity contribution in [3.63, 3.8) is 0 Å². The number of anilines is 1. The van der Waals surface area contributed by atoms with Crippen molar-refractivity contribution in [1.29, 1.82) is 0 Å². The van der Waals surface area contributed by atoms with Gasteiger partial charge in [0.2, 0.25) is 11.8 Å². The van der Waals surface area contributed by atoms with Crippen LogP contribution in [0.25, 0.3) is 0 Å². The van der Waals surface area contributed by atoms with Gasteiger partial charge in [-0.3, -0.25) is 9.59 Å². The second kappa shape index (κ2) is 6.00. The highest BCUT2D eigenvalue weighted by molar-refractivity contribution is 6.01. The minimum atomic E-state index is -0.598. The minimum Gasteiger partial charge on any atom is -0.383 e. The maximum absolute atomic E-state index is 13.2. The Labute approximate surface area is 116 Å². The number of hydrogen-bond acceptors (Lipinski definition) is 3. The van der Waals surface area contributed by atoms with Gasteiger partial charge < -0.3 is 15.4 Å². The number of halogens is 1. The van der Waals surface area contributed by atoms with Gasteiger partial charge in [0.25, 0.3) is 0 Å².